The van der Waals surface area contributed by atoms with E-state index >= 15 is 0 Å². The van der Waals surface area contributed by atoms with Crippen molar-refractivity contribution in [3.63, 3.8) is 0 Å². The van der Waals surface area contributed by atoms with Gasteiger partial charge in [-0.05, 0) is 24.6 Å². The number of fused-ring (bicyclic) bond motifs is 1. The van der Waals surface area contributed by atoms with Crippen LogP contribution in [-0.2, 0) is 20.9 Å². The fraction of sp³-hybridized carbons (Fsp3) is 0.333. The molecule has 0 radical (unpaired) electrons. The predicted octanol–water partition coefficient (Wildman–Crippen LogP) is 0.288. The van der Waals surface area contributed by atoms with E-state index in [1.165, 1.54) is 0 Å². The van der Waals surface area contributed by atoms with Crippen molar-refractivity contribution in [2.75, 3.05) is 5.32 Å². The van der Waals surface area contributed by atoms with E-state index in [2.05, 4.69) is 21.2 Å². The normalized spacial score (nSPS) is 19.7. The molecule has 23 heavy (non-hydrogen) atoms. The summed E-state index contributed by atoms with van der Waals surface area (Å²) in [6.07, 6.45) is 0.0589. The lowest BCUT2D eigenvalue weighted by Crippen LogP contribution is -2.36. The third-order valence-corrected chi connectivity index (χ3v) is 3.59. The van der Waals surface area contributed by atoms with E-state index in [9.17, 15) is 14.4 Å². The third-order valence-electron chi connectivity index (χ3n) is 3.59. The molecule has 8 nitrogen and oxygen atoms in total. The summed E-state index contributed by atoms with van der Waals surface area (Å²) in [7, 11) is 0. The van der Waals surface area contributed by atoms with Gasteiger partial charge < -0.3 is 15.4 Å². The number of hydrogen-bond donors (Lipinski definition) is 3. The molecule has 2 aliphatic heterocycles. The van der Waals surface area contributed by atoms with E-state index in [1.807, 2.05) is 6.07 Å². The van der Waals surface area contributed by atoms with E-state index in [0.717, 1.165) is 5.56 Å². The van der Waals surface area contributed by atoms with Gasteiger partial charge in [-0.15, -0.1) is 0 Å². The quantitative estimate of drug-likeness (QED) is 0.744. The Kier molecular flexibility index (Phi) is 3.96. The first-order valence-corrected chi connectivity index (χ1v) is 7.27. The molecule has 1 aromatic carbocycles. The van der Waals surface area contributed by atoms with Gasteiger partial charge in [-0.1, -0.05) is 6.07 Å². The SMILES string of the molecule is CC1Oc2ccc(CNC(=O)C3=NNC(=O)CC3)cc2NC1=O. The summed E-state index contributed by atoms with van der Waals surface area (Å²) in [6, 6.07) is 5.32. The molecule has 8 heteroatoms. The molecular weight excluding hydrogens is 300 g/mol. The van der Waals surface area contributed by atoms with Crippen molar-refractivity contribution in [3.8, 4) is 5.75 Å². The fourth-order valence-electron chi connectivity index (χ4n) is 2.29. The highest BCUT2D eigenvalue weighted by atomic mass is 16.5. The van der Waals surface area contributed by atoms with Crippen LogP contribution in [0.3, 0.4) is 0 Å². The van der Waals surface area contributed by atoms with Crippen LogP contribution in [0.15, 0.2) is 23.3 Å². The van der Waals surface area contributed by atoms with Crippen LogP contribution in [0.1, 0.15) is 25.3 Å². The van der Waals surface area contributed by atoms with Crippen molar-refractivity contribution < 1.29 is 19.1 Å². The van der Waals surface area contributed by atoms with Crippen molar-refractivity contribution in [2.45, 2.75) is 32.4 Å². The molecule has 0 fully saturated rings. The summed E-state index contributed by atoms with van der Waals surface area (Å²) >= 11 is 0. The van der Waals surface area contributed by atoms with Crippen LogP contribution >= 0.6 is 0 Å². The van der Waals surface area contributed by atoms with Gasteiger partial charge >= 0.3 is 0 Å². The molecule has 0 spiro atoms. The molecule has 0 aliphatic carbocycles. The van der Waals surface area contributed by atoms with Gasteiger partial charge in [0, 0.05) is 19.4 Å². The van der Waals surface area contributed by atoms with Gasteiger partial charge in [0.2, 0.25) is 5.91 Å². The number of hydrazone groups is 1. The van der Waals surface area contributed by atoms with Gasteiger partial charge in [0.15, 0.2) is 6.10 Å². The van der Waals surface area contributed by atoms with Crippen LogP contribution in [0.5, 0.6) is 5.75 Å². The maximum atomic E-state index is 12.0. The Morgan fingerprint density at radius 1 is 1.39 bits per heavy atom. The second kappa shape index (κ2) is 6.07. The Morgan fingerprint density at radius 3 is 2.96 bits per heavy atom. The maximum absolute atomic E-state index is 12.0. The molecule has 1 unspecified atom stereocenters. The van der Waals surface area contributed by atoms with Crippen LogP contribution in [0.4, 0.5) is 5.69 Å². The summed E-state index contributed by atoms with van der Waals surface area (Å²) in [4.78, 5) is 34.6. The summed E-state index contributed by atoms with van der Waals surface area (Å²) in [5.74, 6) is -0.115. The predicted molar refractivity (Wildman–Crippen MR) is 81.8 cm³/mol. The topological polar surface area (TPSA) is 109 Å². The number of benzene rings is 1. The number of carbonyl (C=O) groups excluding carboxylic acids is 3. The number of rotatable bonds is 3. The molecule has 3 N–H and O–H groups in total. The molecule has 1 atom stereocenters. The molecule has 0 saturated heterocycles. The lowest BCUT2D eigenvalue weighted by Gasteiger charge is -2.23. The Hall–Kier alpha value is -2.90. The molecule has 3 rings (SSSR count). The molecule has 0 bridgehead atoms. The van der Waals surface area contributed by atoms with Gasteiger partial charge in [0.05, 0.1) is 5.69 Å². The second-order valence-corrected chi connectivity index (χ2v) is 5.36. The van der Waals surface area contributed by atoms with Crippen molar-refractivity contribution in [2.24, 2.45) is 5.10 Å². The molecule has 0 saturated carbocycles. The number of carbonyl (C=O) groups is 3. The molecule has 0 aromatic heterocycles. The molecular formula is C15H16N4O4. The van der Waals surface area contributed by atoms with E-state index in [4.69, 9.17) is 4.74 Å². The number of nitrogens with zero attached hydrogens (tertiary/aromatic N) is 1. The van der Waals surface area contributed by atoms with Gasteiger partial charge in [0.1, 0.15) is 11.5 Å². The summed E-state index contributed by atoms with van der Waals surface area (Å²) in [6.45, 7) is 1.96. The number of hydrogen-bond acceptors (Lipinski definition) is 5. The average molecular weight is 316 g/mol. The van der Waals surface area contributed by atoms with Crippen LogP contribution in [0, 0.1) is 0 Å². The highest BCUT2D eigenvalue weighted by Gasteiger charge is 2.23. The highest BCUT2D eigenvalue weighted by Crippen LogP contribution is 2.30. The maximum Gasteiger partial charge on any atom is 0.267 e. The minimum atomic E-state index is -0.521. The van der Waals surface area contributed by atoms with E-state index in [1.54, 1.807) is 19.1 Å². The lowest BCUT2D eigenvalue weighted by molar-refractivity contribution is -0.123. The fourth-order valence-corrected chi connectivity index (χ4v) is 2.29. The average Bonchev–Trinajstić information content (AvgIpc) is 2.54. The monoisotopic (exact) mass is 316 g/mol. The van der Waals surface area contributed by atoms with Gasteiger partial charge in [-0.3, -0.25) is 14.4 Å². The van der Waals surface area contributed by atoms with Crippen LogP contribution in [0.2, 0.25) is 0 Å². The van der Waals surface area contributed by atoms with E-state index < -0.39 is 6.10 Å². The van der Waals surface area contributed by atoms with Crippen LogP contribution in [0.25, 0.3) is 0 Å². The van der Waals surface area contributed by atoms with Crippen LogP contribution in [-0.4, -0.2) is 29.5 Å². The first-order chi connectivity index (χ1) is 11.0. The zero-order valence-corrected chi connectivity index (χ0v) is 12.5. The molecule has 120 valence electrons. The van der Waals surface area contributed by atoms with E-state index in [-0.39, 0.29) is 30.7 Å². The Labute approximate surface area is 132 Å². The summed E-state index contributed by atoms with van der Waals surface area (Å²) in [5.41, 5.74) is 3.99. The first kappa shape index (κ1) is 15.0. The number of anilines is 1. The summed E-state index contributed by atoms with van der Waals surface area (Å²) in [5, 5.41) is 9.23. The minimum Gasteiger partial charge on any atom is -0.479 e. The smallest absolute Gasteiger partial charge is 0.267 e. The van der Waals surface area contributed by atoms with Crippen molar-refractivity contribution >= 4 is 29.1 Å². The Morgan fingerprint density at radius 2 is 2.22 bits per heavy atom. The van der Waals surface area contributed by atoms with Gasteiger partial charge in [-0.25, -0.2) is 5.43 Å². The number of ether oxygens (including phenoxy) is 1. The zero-order chi connectivity index (χ0) is 16.4. The molecule has 2 aliphatic rings. The zero-order valence-electron chi connectivity index (χ0n) is 12.5. The molecule has 3 amide bonds. The standard InChI is InChI=1S/C15H16N4O4/c1-8-14(21)17-11-6-9(2-4-12(11)23-8)7-16-15(22)10-3-5-13(20)19-18-10/h2,4,6,8H,3,5,7H2,1H3,(H,16,22)(H,17,21)(H,19,20). The number of amides is 3. The molecule has 1 aromatic rings. The van der Waals surface area contributed by atoms with E-state index in [0.29, 0.717) is 23.6 Å². The van der Waals surface area contributed by atoms with Crippen molar-refractivity contribution in [1.29, 1.82) is 0 Å². The van der Waals surface area contributed by atoms with Gasteiger partial charge in [-0.2, -0.15) is 5.10 Å². The van der Waals surface area contributed by atoms with Crippen molar-refractivity contribution in [1.82, 2.24) is 10.7 Å². The number of nitrogens with one attached hydrogen (secondary N) is 3. The van der Waals surface area contributed by atoms with Crippen molar-refractivity contribution in [3.05, 3.63) is 23.8 Å². The highest BCUT2D eigenvalue weighted by molar-refractivity contribution is 6.39. The second-order valence-electron chi connectivity index (χ2n) is 5.36. The Bertz CT molecular complexity index is 713. The largest absolute Gasteiger partial charge is 0.479 e. The minimum absolute atomic E-state index is 0.193. The summed E-state index contributed by atoms with van der Waals surface area (Å²) < 4.78 is 5.47. The van der Waals surface area contributed by atoms with Crippen LogP contribution < -0.4 is 20.8 Å². The molecule has 2 heterocycles. The van der Waals surface area contributed by atoms with Gasteiger partial charge in [0.25, 0.3) is 11.8 Å². The lowest BCUT2D eigenvalue weighted by atomic mass is 10.1. The third kappa shape index (κ3) is 3.31. The Balaban J connectivity index is 1.63. The first-order valence-electron chi connectivity index (χ1n) is 7.27.